The normalized spacial score (nSPS) is 30.5. The van der Waals surface area contributed by atoms with E-state index in [0.29, 0.717) is 18.8 Å². The van der Waals surface area contributed by atoms with Crippen molar-refractivity contribution in [3.05, 3.63) is 36.4 Å². The molecule has 176 valence electrons. The maximum absolute atomic E-state index is 13.4. The van der Waals surface area contributed by atoms with E-state index in [1.54, 1.807) is 29.2 Å². The van der Waals surface area contributed by atoms with Crippen molar-refractivity contribution in [2.75, 3.05) is 56.2 Å². The number of carbonyl (C=O) groups is 3. The van der Waals surface area contributed by atoms with Gasteiger partial charge >= 0.3 is 0 Å². The van der Waals surface area contributed by atoms with Gasteiger partial charge in [-0.05, 0) is 37.2 Å². The Balaban J connectivity index is 1.22. The molecule has 33 heavy (non-hydrogen) atoms. The lowest BCUT2D eigenvalue weighted by Crippen LogP contribution is -2.45. The van der Waals surface area contributed by atoms with Crippen molar-refractivity contribution in [1.82, 2.24) is 10.2 Å². The lowest BCUT2D eigenvalue weighted by atomic mass is 9.77. The van der Waals surface area contributed by atoms with Gasteiger partial charge in [0.05, 0.1) is 37.7 Å². The molecule has 2 N–H and O–H groups in total. The standard InChI is InChI=1S/C24H30N4O5/c1-16(29)26-17-3-5-18(6-4-17)28-15-24-8-7-19(33-24)20(21(24)23(28)31)22(30)25-9-2-10-27-11-13-32-14-12-27/h3-8,19-21H,2,9-15H2,1H3,(H,25,30)(H,26,29)/t19-,20-,21-,24+/m1/s1. The molecule has 2 bridgehead atoms. The quantitative estimate of drug-likeness (QED) is 0.466. The summed E-state index contributed by atoms with van der Waals surface area (Å²) in [5.41, 5.74) is 0.638. The van der Waals surface area contributed by atoms with E-state index < -0.39 is 17.4 Å². The molecule has 0 aromatic heterocycles. The number of hydrogen-bond donors (Lipinski definition) is 2. The van der Waals surface area contributed by atoms with Crippen LogP contribution in [0.2, 0.25) is 0 Å². The van der Waals surface area contributed by atoms with Crippen molar-refractivity contribution >= 4 is 29.1 Å². The van der Waals surface area contributed by atoms with Gasteiger partial charge in [-0.1, -0.05) is 12.2 Å². The minimum absolute atomic E-state index is 0.0948. The average molecular weight is 455 g/mol. The predicted molar refractivity (Wildman–Crippen MR) is 122 cm³/mol. The molecule has 0 aliphatic carbocycles. The van der Waals surface area contributed by atoms with Crippen LogP contribution in [-0.4, -0.2) is 80.3 Å². The van der Waals surface area contributed by atoms with Crippen LogP contribution in [-0.2, 0) is 23.9 Å². The van der Waals surface area contributed by atoms with Crippen molar-refractivity contribution in [3.8, 4) is 0 Å². The van der Waals surface area contributed by atoms with E-state index in [1.165, 1.54) is 6.92 Å². The minimum atomic E-state index is -0.756. The van der Waals surface area contributed by atoms with Crippen molar-refractivity contribution in [2.24, 2.45) is 11.8 Å². The second-order valence-corrected chi connectivity index (χ2v) is 9.15. The largest absolute Gasteiger partial charge is 0.379 e. The Morgan fingerprint density at radius 1 is 1.18 bits per heavy atom. The van der Waals surface area contributed by atoms with E-state index in [9.17, 15) is 14.4 Å². The molecule has 1 spiro atoms. The van der Waals surface area contributed by atoms with Crippen LogP contribution in [0.3, 0.4) is 0 Å². The summed E-state index contributed by atoms with van der Waals surface area (Å²) in [5, 5.41) is 5.76. The number of hydrogen-bond acceptors (Lipinski definition) is 6. The Kier molecular flexibility index (Phi) is 5.94. The molecule has 3 fully saturated rings. The van der Waals surface area contributed by atoms with Crippen LogP contribution in [0.4, 0.5) is 11.4 Å². The van der Waals surface area contributed by atoms with Gasteiger partial charge in [-0.2, -0.15) is 0 Å². The van der Waals surface area contributed by atoms with Crippen molar-refractivity contribution in [1.29, 1.82) is 0 Å². The second kappa shape index (κ2) is 8.89. The molecule has 5 rings (SSSR count). The van der Waals surface area contributed by atoms with E-state index in [-0.39, 0.29) is 23.8 Å². The van der Waals surface area contributed by atoms with E-state index in [4.69, 9.17) is 9.47 Å². The molecule has 1 aromatic rings. The van der Waals surface area contributed by atoms with Gasteiger partial charge < -0.3 is 25.0 Å². The molecule has 3 saturated heterocycles. The van der Waals surface area contributed by atoms with E-state index in [2.05, 4.69) is 15.5 Å². The Labute approximate surface area is 193 Å². The molecule has 0 radical (unpaired) electrons. The van der Waals surface area contributed by atoms with Crippen LogP contribution in [0.1, 0.15) is 13.3 Å². The van der Waals surface area contributed by atoms with Crippen LogP contribution in [0.25, 0.3) is 0 Å². The van der Waals surface area contributed by atoms with Crippen LogP contribution in [0, 0.1) is 11.8 Å². The fourth-order valence-corrected chi connectivity index (χ4v) is 5.40. The molecule has 0 unspecified atom stereocenters. The van der Waals surface area contributed by atoms with Gasteiger partial charge in [0.1, 0.15) is 5.60 Å². The molecule has 9 heteroatoms. The number of nitrogens with one attached hydrogen (secondary N) is 2. The zero-order valence-electron chi connectivity index (χ0n) is 18.8. The fraction of sp³-hybridized carbons (Fsp3) is 0.542. The monoisotopic (exact) mass is 454 g/mol. The number of fused-ring (bicyclic) bond motifs is 1. The molecule has 4 aliphatic heterocycles. The predicted octanol–water partition coefficient (Wildman–Crippen LogP) is 0.770. The fourth-order valence-electron chi connectivity index (χ4n) is 5.40. The van der Waals surface area contributed by atoms with Gasteiger partial charge in [0.25, 0.3) is 0 Å². The highest BCUT2D eigenvalue weighted by atomic mass is 16.5. The number of nitrogens with zero attached hydrogens (tertiary/aromatic N) is 2. The van der Waals surface area contributed by atoms with Gasteiger partial charge in [0.2, 0.25) is 17.7 Å². The molecule has 4 heterocycles. The summed E-state index contributed by atoms with van der Waals surface area (Å²) in [6.45, 7) is 6.70. The third-order valence-corrected chi connectivity index (χ3v) is 6.96. The van der Waals surface area contributed by atoms with Crippen LogP contribution in [0.15, 0.2) is 36.4 Å². The topological polar surface area (TPSA) is 100 Å². The summed E-state index contributed by atoms with van der Waals surface area (Å²) in [7, 11) is 0. The van der Waals surface area contributed by atoms with Gasteiger partial charge in [-0.15, -0.1) is 0 Å². The molecule has 1 aromatic carbocycles. The van der Waals surface area contributed by atoms with Gasteiger partial charge in [0.15, 0.2) is 0 Å². The third kappa shape index (κ3) is 4.16. The van der Waals surface area contributed by atoms with Crippen LogP contribution >= 0.6 is 0 Å². The van der Waals surface area contributed by atoms with Gasteiger partial charge in [-0.25, -0.2) is 0 Å². The summed E-state index contributed by atoms with van der Waals surface area (Å²) in [4.78, 5) is 41.8. The second-order valence-electron chi connectivity index (χ2n) is 9.15. The Hall–Kier alpha value is -2.75. The molecule has 4 atom stereocenters. The molecular formula is C24H30N4O5. The maximum atomic E-state index is 13.4. The van der Waals surface area contributed by atoms with E-state index in [1.807, 2.05) is 12.2 Å². The molecule has 0 saturated carbocycles. The first-order valence-electron chi connectivity index (χ1n) is 11.6. The number of morpholine rings is 1. The average Bonchev–Trinajstić information content (AvgIpc) is 3.46. The van der Waals surface area contributed by atoms with Gasteiger partial charge in [0, 0.05) is 37.9 Å². The SMILES string of the molecule is CC(=O)Nc1ccc(N2C[C@]34C=C[C@@H](O3)[C@@H](C(=O)NCCCN3CCOCC3)[C@@H]4C2=O)cc1. The maximum Gasteiger partial charge on any atom is 0.234 e. The lowest BCUT2D eigenvalue weighted by Gasteiger charge is -2.27. The highest BCUT2D eigenvalue weighted by Crippen LogP contribution is 2.52. The minimum Gasteiger partial charge on any atom is -0.379 e. The lowest BCUT2D eigenvalue weighted by molar-refractivity contribution is -0.131. The Bertz CT molecular complexity index is 958. The first kappa shape index (κ1) is 22.1. The van der Waals surface area contributed by atoms with Crippen molar-refractivity contribution in [2.45, 2.75) is 25.0 Å². The van der Waals surface area contributed by atoms with Crippen molar-refractivity contribution in [3.63, 3.8) is 0 Å². The summed E-state index contributed by atoms with van der Waals surface area (Å²) in [5.74, 6) is -1.41. The first-order valence-corrected chi connectivity index (χ1v) is 11.6. The van der Waals surface area contributed by atoms with E-state index >= 15 is 0 Å². The number of benzene rings is 1. The Morgan fingerprint density at radius 2 is 1.94 bits per heavy atom. The van der Waals surface area contributed by atoms with Crippen LogP contribution < -0.4 is 15.5 Å². The molecule has 9 nitrogen and oxygen atoms in total. The number of amides is 3. The zero-order valence-corrected chi connectivity index (χ0v) is 18.8. The summed E-state index contributed by atoms with van der Waals surface area (Å²) in [6, 6.07) is 7.14. The summed E-state index contributed by atoms with van der Waals surface area (Å²) in [6.07, 6.45) is 4.37. The number of rotatable bonds is 7. The third-order valence-electron chi connectivity index (χ3n) is 6.96. The first-order chi connectivity index (χ1) is 16.0. The molecular weight excluding hydrogens is 424 g/mol. The van der Waals surface area contributed by atoms with Gasteiger partial charge in [-0.3, -0.25) is 19.3 Å². The Morgan fingerprint density at radius 3 is 2.67 bits per heavy atom. The summed E-state index contributed by atoms with van der Waals surface area (Å²) < 4.78 is 11.6. The summed E-state index contributed by atoms with van der Waals surface area (Å²) >= 11 is 0. The van der Waals surface area contributed by atoms with Crippen LogP contribution in [0.5, 0.6) is 0 Å². The molecule has 3 amide bonds. The number of anilines is 2. The smallest absolute Gasteiger partial charge is 0.234 e. The highest BCUT2D eigenvalue weighted by molar-refractivity contribution is 6.03. The zero-order chi connectivity index (χ0) is 23.0. The number of carbonyl (C=O) groups excluding carboxylic acids is 3. The number of ether oxygens (including phenoxy) is 2. The van der Waals surface area contributed by atoms with Crippen molar-refractivity contribution < 1.29 is 23.9 Å². The van der Waals surface area contributed by atoms with E-state index in [0.717, 1.165) is 45.0 Å². The molecule has 4 aliphatic rings. The highest BCUT2D eigenvalue weighted by Gasteiger charge is 2.67.